The lowest BCUT2D eigenvalue weighted by atomic mass is 10.0. The van der Waals surface area contributed by atoms with Gasteiger partial charge in [0, 0.05) is 12.3 Å². The van der Waals surface area contributed by atoms with E-state index in [0.29, 0.717) is 0 Å². The summed E-state index contributed by atoms with van der Waals surface area (Å²) < 4.78 is 0. The van der Waals surface area contributed by atoms with Crippen molar-refractivity contribution in [1.82, 2.24) is 63.4 Å². The van der Waals surface area contributed by atoms with Crippen molar-refractivity contribution in [2.75, 3.05) is 38.5 Å². The molecule has 3 aliphatic rings. The minimum atomic E-state index is -2.26. The second-order valence-electron chi connectivity index (χ2n) is 18.0. The second-order valence-corrected chi connectivity index (χ2v) is 19.2. The van der Waals surface area contributed by atoms with Crippen LogP contribution in [0.5, 0.6) is 0 Å². The fourth-order valence-corrected chi connectivity index (χ4v) is 8.92. The van der Waals surface area contributed by atoms with Crippen molar-refractivity contribution in [1.29, 1.82) is 0 Å². The summed E-state index contributed by atoms with van der Waals surface area (Å²) in [5.41, 5.74) is 10.8. The van der Waals surface area contributed by atoms with Gasteiger partial charge >= 0.3 is 5.97 Å². The molecule has 0 unspecified atom stereocenters. The molecule has 412 valence electrons. The number of nitrogens with one attached hydrogen (secondary N) is 11. The Kier molecular flexibility index (Phi) is 23.7. The Bertz CT molecular complexity index is 2180. The van der Waals surface area contributed by atoms with Crippen molar-refractivity contribution >= 4 is 94.6 Å². The molecule has 18 N–H and O–H groups in total. The van der Waals surface area contributed by atoms with Gasteiger partial charge < -0.3 is 90.2 Å². The third kappa shape index (κ3) is 18.6. The van der Waals surface area contributed by atoms with E-state index in [4.69, 9.17) is 11.5 Å². The molecule has 3 rings (SSSR count). The van der Waals surface area contributed by atoms with Crippen molar-refractivity contribution < 1.29 is 77.6 Å². The molecule has 0 spiro atoms. The van der Waals surface area contributed by atoms with Crippen LogP contribution in [0.25, 0.3) is 0 Å². The van der Waals surface area contributed by atoms with Gasteiger partial charge in [-0.25, -0.2) is 0 Å². The van der Waals surface area contributed by atoms with Gasteiger partial charge in [-0.05, 0) is 44.4 Å². The highest BCUT2D eigenvalue weighted by Gasteiger charge is 2.48. The molecule has 32 heteroatoms. The van der Waals surface area contributed by atoms with E-state index in [2.05, 4.69) is 58.2 Å². The number of carboxylic acid groups (broad SMARTS) is 1. The van der Waals surface area contributed by atoms with E-state index in [1.165, 1.54) is 37.4 Å². The number of aliphatic hydroxyl groups is 2. The van der Waals surface area contributed by atoms with E-state index in [-0.39, 0.29) is 43.9 Å². The average molecular weight is 1070 g/mol. The monoisotopic (exact) mass is 1070 g/mol. The highest BCUT2D eigenvalue weighted by molar-refractivity contribution is 8.00. The molecule has 74 heavy (non-hydrogen) atoms. The minimum absolute atomic E-state index is 0.00196. The van der Waals surface area contributed by atoms with E-state index in [1.54, 1.807) is 13.8 Å². The summed E-state index contributed by atoms with van der Waals surface area (Å²) in [6, 6.07) is -11.5. The number of guanidine groups is 1. The van der Waals surface area contributed by atoms with Gasteiger partial charge in [0.25, 0.3) is 5.91 Å². The topological polar surface area (TPSA) is 483 Å². The van der Waals surface area contributed by atoms with Crippen LogP contribution in [0.15, 0.2) is 4.99 Å². The van der Waals surface area contributed by atoms with Crippen LogP contribution in [0.1, 0.15) is 66.7 Å². The SMILES string of the molecule is CC(C)[C@@H]1NC(=O)CNC(=O)[C@H](CO)NC(=O)[C@@H]2CS[C@H]3CC[C@H](NC(=O)[C@@H](O)NC(=O)CNC(=O)[C@@H](C(C)C)NC(=O)[C@H](CC(=O)O)NC(=O)CNC(=O)[C@H](CCCN=C(N)N)NC(=O)[C@@H](C)NC1=O)C(=O)N32. The quantitative estimate of drug-likeness (QED) is 0.0579. The third-order valence-electron chi connectivity index (χ3n) is 11.5. The van der Waals surface area contributed by atoms with Gasteiger partial charge in [0.15, 0.2) is 5.96 Å². The predicted octanol–water partition coefficient (Wildman–Crippen LogP) is -8.91. The van der Waals surface area contributed by atoms with Crippen molar-refractivity contribution in [2.24, 2.45) is 28.3 Å². The summed E-state index contributed by atoms with van der Waals surface area (Å²) in [5.74, 6) is -14.9. The van der Waals surface area contributed by atoms with Crippen molar-refractivity contribution in [3.05, 3.63) is 0 Å². The number of carbonyl (C=O) groups is 13. The summed E-state index contributed by atoms with van der Waals surface area (Å²) in [7, 11) is 0. The van der Waals surface area contributed by atoms with E-state index >= 15 is 0 Å². The Balaban J connectivity index is 1.90. The standard InChI is InChI=1S/C42H67N15O16S/c1-17(2)30-37(69)48-14-27(61)55-40(72)39(71)52-21-8-9-28-57(41(21)73)24(16-74-28)36(68)53-23(15-58)34(66)47-13-26(60)54-31(18(3)4)38(70)49-19(5)32(64)51-20(7-6-10-45-42(43)44)33(65)46-12-25(59)50-22(11-29(62)63)35(67)56-30/h17-24,28,30-31,40,58,72H,6-16H2,1-5H3,(H,46,65)(H,47,66)(H,48,69)(H,49,70)(H,50,59)(H,51,64)(H,52,71)(H,53,68)(H,54,60)(H,55,61)(H,56,67)(H,62,63)(H4,43,44,45)/t19-,20+,21+,22+,23+,24+,28+,30-,31+,40-/m1/s1. The lowest BCUT2D eigenvalue weighted by Crippen LogP contribution is -2.62. The molecule has 31 nitrogen and oxygen atoms in total. The number of piperidine rings is 1. The summed E-state index contributed by atoms with van der Waals surface area (Å²) in [6.07, 6.45) is -2.98. The van der Waals surface area contributed by atoms with E-state index in [1.807, 2.05) is 5.32 Å². The predicted molar refractivity (Wildman–Crippen MR) is 257 cm³/mol. The molecule has 2 bridgehead atoms. The number of rotatable bonds is 9. The third-order valence-corrected chi connectivity index (χ3v) is 12.8. The molecule has 0 aromatic heterocycles. The number of amides is 12. The highest BCUT2D eigenvalue weighted by atomic mass is 32.2. The van der Waals surface area contributed by atoms with Crippen molar-refractivity contribution in [3.63, 3.8) is 0 Å². The fraction of sp³-hybridized carbons (Fsp3) is 0.667. The van der Waals surface area contributed by atoms with Gasteiger partial charge in [-0.1, -0.05) is 27.7 Å². The Hall–Kier alpha value is -7.35. The Morgan fingerprint density at radius 3 is 1.78 bits per heavy atom. The Labute approximate surface area is 428 Å². The second kappa shape index (κ2) is 28.8. The van der Waals surface area contributed by atoms with Crippen LogP contribution >= 0.6 is 11.8 Å². The van der Waals surface area contributed by atoms with Crippen LogP contribution in [0.3, 0.4) is 0 Å². The lowest BCUT2D eigenvalue weighted by molar-refractivity contribution is -0.147. The van der Waals surface area contributed by atoms with Gasteiger partial charge in [0.2, 0.25) is 71.2 Å². The van der Waals surface area contributed by atoms with E-state index in [9.17, 15) is 77.6 Å². The molecule has 0 aromatic rings. The van der Waals surface area contributed by atoms with Crippen LogP contribution in [-0.4, -0.2) is 202 Å². The first-order valence-electron chi connectivity index (χ1n) is 23.5. The van der Waals surface area contributed by atoms with Crippen LogP contribution in [-0.2, 0) is 62.3 Å². The van der Waals surface area contributed by atoms with Crippen molar-refractivity contribution in [3.8, 4) is 0 Å². The van der Waals surface area contributed by atoms with Crippen LogP contribution < -0.4 is 70.0 Å². The highest BCUT2D eigenvalue weighted by Crippen LogP contribution is 2.36. The number of carbonyl (C=O) groups excluding carboxylic acids is 12. The first-order chi connectivity index (χ1) is 34.7. The maximum absolute atomic E-state index is 13.7. The number of hydrogen-bond donors (Lipinski definition) is 16. The number of carboxylic acids is 1. The molecular weight excluding hydrogens is 1000 g/mol. The number of fused-ring (bicyclic) bond motifs is 1. The average Bonchev–Trinajstić information content (AvgIpc) is 3.77. The Morgan fingerprint density at radius 1 is 0.649 bits per heavy atom. The summed E-state index contributed by atoms with van der Waals surface area (Å²) >= 11 is 1.23. The summed E-state index contributed by atoms with van der Waals surface area (Å²) in [5, 5.41) is 54.7. The molecule has 0 saturated carbocycles. The normalized spacial score (nSPS) is 28.4. The maximum Gasteiger partial charge on any atom is 0.305 e. The van der Waals surface area contributed by atoms with Crippen LogP contribution in [0, 0.1) is 11.8 Å². The molecule has 3 fully saturated rings. The largest absolute Gasteiger partial charge is 0.481 e. The number of hydrogen-bond acceptors (Lipinski definition) is 17. The molecule has 0 radical (unpaired) electrons. The maximum atomic E-state index is 13.7. The van der Waals surface area contributed by atoms with E-state index in [0.717, 1.165) is 0 Å². The molecule has 3 aliphatic heterocycles. The van der Waals surface area contributed by atoms with Gasteiger partial charge in [-0.2, -0.15) is 0 Å². The van der Waals surface area contributed by atoms with Gasteiger partial charge in [-0.3, -0.25) is 67.3 Å². The van der Waals surface area contributed by atoms with E-state index < -0.39 is 181 Å². The smallest absolute Gasteiger partial charge is 0.305 e. The number of thioether (sulfide) groups is 1. The zero-order valence-corrected chi connectivity index (χ0v) is 42.1. The minimum Gasteiger partial charge on any atom is -0.481 e. The van der Waals surface area contributed by atoms with Crippen molar-refractivity contribution in [2.45, 2.75) is 127 Å². The number of aliphatic hydroxyl groups excluding tert-OH is 2. The zero-order valence-electron chi connectivity index (χ0n) is 41.3. The molecule has 10 atom stereocenters. The number of nitrogens with two attached hydrogens (primary N) is 2. The Morgan fingerprint density at radius 2 is 1.20 bits per heavy atom. The van der Waals surface area contributed by atoms with Crippen LogP contribution in [0.2, 0.25) is 0 Å². The first-order valence-corrected chi connectivity index (χ1v) is 24.5. The zero-order chi connectivity index (χ0) is 55.6. The molecule has 0 aliphatic carbocycles. The molecule has 3 saturated heterocycles. The van der Waals surface area contributed by atoms with Gasteiger partial charge in [0.05, 0.1) is 38.0 Å². The lowest BCUT2D eigenvalue weighted by Gasteiger charge is -2.37. The number of aliphatic carboxylic acids is 1. The van der Waals surface area contributed by atoms with Gasteiger partial charge in [0.1, 0.15) is 48.3 Å². The van der Waals surface area contributed by atoms with Gasteiger partial charge in [-0.15, -0.1) is 11.8 Å². The first kappa shape index (κ1) is 61.0. The summed E-state index contributed by atoms with van der Waals surface area (Å²) in [6.45, 7) is 3.91. The summed E-state index contributed by atoms with van der Waals surface area (Å²) in [4.78, 5) is 176. The number of aliphatic imine (C=N–C) groups is 1. The van der Waals surface area contributed by atoms with Crippen LogP contribution in [0.4, 0.5) is 0 Å². The number of nitrogens with zero attached hydrogens (tertiary/aromatic N) is 2. The molecule has 0 aromatic carbocycles. The molecule has 3 heterocycles. The molecule has 12 amide bonds. The molecular formula is C42H67N15O16S. The fourth-order valence-electron chi connectivity index (χ4n) is 7.49.